The normalized spacial score (nSPS) is 14.8. The van der Waals surface area contributed by atoms with Gasteiger partial charge in [0.05, 0.1) is 10.6 Å². The van der Waals surface area contributed by atoms with Crippen molar-refractivity contribution in [3.63, 3.8) is 0 Å². The van der Waals surface area contributed by atoms with Crippen LogP contribution in [-0.4, -0.2) is 29.5 Å². The molecule has 3 nitrogen and oxygen atoms in total. The van der Waals surface area contributed by atoms with Gasteiger partial charge in [0, 0.05) is 34.8 Å². The van der Waals surface area contributed by atoms with Crippen molar-refractivity contribution in [3.05, 3.63) is 94.0 Å². The number of nitrogens with one attached hydrogen (secondary N) is 1. The Morgan fingerprint density at radius 2 is 1.44 bits per heavy atom. The fraction of sp³-hybridized carbons (Fsp3) is 0.250. The molecule has 0 spiro atoms. The molecular formula is C28H25Cl2F2N3S. The first-order valence-corrected chi connectivity index (χ1v) is 13.4. The van der Waals surface area contributed by atoms with E-state index in [0.29, 0.717) is 28.1 Å². The van der Waals surface area contributed by atoms with E-state index in [0.717, 1.165) is 65.4 Å². The van der Waals surface area contributed by atoms with E-state index in [1.807, 2.05) is 48.5 Å². The first-order chi connectivity index (χ1) is 17.4. The molecule has 2 heterocycles. The molecule has 0 aliphatic carbocycles. The van der Waals surface area contributed by atoms with Crippen molar-refractivity contribution in [2.45, 2.75) is 19.4 Å². The molecule has 1 fully saturated rings. The molecule has 3 aromatic carbocycles. The highest BCUT2D eigenvalue weighted by Crippen LogP contribution is 2.40. The third-order valence-corrected chi connectivity index (χ3v) is 7.99. The number of hydrogen-bond donors (Lipinski definition) is 1. The van der Waals surface area contributed by atoms with Crippen LogP contribution in [0.25, 0.3) is 21.7 Å². The van der Waals surface area contributed by atoms with Gasteiger partial charge in [-0.15, -0.1) is 0 Å². The fourth-order valence-electron chi connectivity index (χ4n) is 4.54. The zero-order valence-electron chi connectivity index (χ0n) is 19.5. The van der Waals surface area contributed by atoms with Crippen molar-refractivity contribution in [1.82, 2.24) is 9.88 Å². The molecule has 1 aliphatic heterocycles. The maximum atomic E-state index is 13.5. The smallest absolute Gasteiger partial charge is 0.183 e. The Bertz CT molecular complexity index is 1230. The van der Waals surface area contributed by atoms with Gasteiger partial charge in [0.25, 0.3) is 0 Å². The zero-order valence-corrected chi connectivity index (χ0v) is 21.8. The van der Waals surface area contributed by atoms with E-state index in [-0.39, 0.29) is 0 Å². The molecule has 0 bridgehead atoms. The topological polar surface area (TPSA) is 28.2 Å². The van der Waals surface area contributed by atoms with Gasteiger partial charge in [0.1, 0.15) is 11.6 Å². The third-order valence-electron chi connectivity index (χ3n) is 6.43. The summed E-state index contributed by atoms with van der Waals surface area (Å²) in [5.41, 5.74) is 3.67. The Labute approximate surface area is 223 Å². The molecular weight excluding hydrogens is 519 g/mol. The summed E-state index contributed by atoms with van der Waals surface area (Å²) >= 11 is 13.8. The van der Waals surface area contributed by atoms with Crippen molar-refractivity contribution in [2.75, 3.05) is 25.0 Å². The summed E-state index contributed by atoms with van der Waals surface area (Å²) in [5, 5.41) is 5.82. The number of nitrogens with zero attached hydrogens (tertiary/aromatic N) is 2. The van der Waals surface area contributed by atoms with E-state index in [9.17, 15) is 8.78 Å². The van der Waals surface area contributed by atoms with Gasteiger partial charge in [0.2, 0.25) is 0 Å². The number of aromatic nitrogens is 1. The van der Waals surface area contributed by atoms with E-state index in [2.05, 4.69) is 10.2 Å². The molecule has 1 aliphatic rings. The second-order valence-corrected chi connectivity index (χ2v) is 11.0. The van der Waals surface area contributed by atoms with Crippen molar-refractivity contribution in [2.24, 2.45) is 5.92 Å². The SMILES string of the molecule is Fc1cc(F)cc(CN2CCC(CNc3nc(-c4ccc(Cl)cc4)c(-c4ccc(Cl)cc4)s3)CC2)c1. The van der Waals surface area contributed by atoms with Crippen LogP contribution < -0.4 is 5.32 Å². The van der Waals surface area contributed by atoms with Gasteiger partial charge in [0.15, 0.2) is 5.13 Å². The summed E-state index contributed by atoms with van der Waals surface area (Å²) in [6.45, 7) is 3.19. The Balaban J connectivity index is 1.24. The molecule has 0 unspecified atom stereocenters. The number of halogens is 4. The van der Waals surface area contributed by atoms with Gasteiger partial charge in [-0.05, 0) is 79.4 Å². The van der Waals surface area contributed by atoms with Crippen LogP contribution in [0.5, 0.6) is 0 Å². The lowest BCUT2D eigenvalue weighted by molar-refractivity contribution is 0.182. The Kier molecular flexibility index (Phi) is 7.87. The predicted octanol–water partition coefficient (Wildman–Crippen LogP) is 8.39. The summed E-state index contributed by atoms with van der Waals surface area (Å²) in [4.78, 5) is 8.26. The molecule has 0 saturated carbocycles. The van der Waals surface area contributed by atoms with Gasteiger partial charge < -0.3 is 5.32 Å². The van der Waals surface area contributed by atoms with E-state index in [1.165, 1.54) is 12.1 Å². The molecule has 186 valence electrons. The highest BCUT2D eigenvalue weighted by molar-refractivity contribution is 7.19. The van der Waals surface area contributed by atoms with Crippen LogP contribution in [0.15, 0.2) is 66.7 Å². The first kappa shape index (κ1) is 25.2. The lowest BCUT2D eigenvalue weighted by atomic mass is 9.96. The Hall–Kier alpha value is -2.51. The fourth-order valence-corrected chi connectivity index (χ4v) is 5.79. The minimum atomic E-state index is -0.525. The Morgan fingerprint density at radius 1 is 0.861 bits per heavy atom. The maximum Gasteiger partial charge on any atom is 0.183 e. The number of rotatable bonds is 7. The van der Waals surface area contributed by atoms with E-state index in [4.69, 9.17) is 28.2 Å². The lowest BCUT2D eigenvalue weighted by Crippen LogP contribution is -2.35. The van der Waals surface area contributed by atoms with Crippen LogP contribution in [0.2, 0.25) is 10.0 Å². The van der Waals surface area contributed by atoms with Crippen LogP contribution in [0, 0.1) is 17.6 Å². The second kappa shape index (κ2) is 11.3. The zero-order chi connectivity index (χ0) is 25.1. The summed E-state index contributed by atoms with van der Waals surface area (Å²) in [6, 6.07) is 19.3. The standard InChI is InChI=1S/C28H25Cl2F2N3S/c29-22-5-1-20(2-6-22)26-27(21-3-7-23(30)8-4-21)36-28(34-26)33-16-18-9-11-35(12-10-18)17-19-13-24(31)15-25(32)14-19/h1-8,13-15,18H,9-12,16-17H2,(H,33,34). The molecule has 1 aromatic heterocycles. The molecule has 0 radical (unpaired) electrons. The van der Waals surface area contributed by atoms with Gasteiger partial charge in [-0.3, -0.25) is 4.90 Å². The van der Waals surface area contributed by atoms with E-state index >= 15 is 0 Å². The van der Waals surface area contributed by atoms with E-state index < -0.39 is 11.6 Å². The molecule has 8 heteroatoms. The molecule has 4 aromatic rings. The molecule has 5 rings (SSSR count). The number of likely N-dealkylation sites (tertiary alicyclic amines) is 1. The molecule has 1 saturated heterocycles. The van der Waals surface area contributed by atoms with Crippen LogP contribution >= 0.6 is 34.5 Å². The molecule has 0 amide bonds. The molecule has 0 atom stereocenters. The number of thiazole rings is 1. The minimum absolute atomic E-state index is 0.507. The highest BCUT2D eigenvalue weighted by Gasteiger charge is 2.21. The first-order valence-electron chi connectivity index (χ1n) is 11.9. The van der Waals surface area contributed by atoms with Crippen LogP contribution in [0.3, 0.4) is 0 Å². The second-order valence-electron chi connectivity index (χ2n) is 9.09. The van der Waals surface area contributed by atoms with Crippen LogP contribution in [0.1, 0.15) is 18.4 Å². The van der Waals surface area contributed by atoms with Crippen molar-refractivity contribution >= 4 is 39.7 Å². The monoisotopic (exact) mass is 543 g/mol. The summed E-state index contributed by atoms with van der Waals surface area (Å²) in [5.74, 6) is -0.542. The minimum Gasteiger partial charge on any atom is -0.361 e. The number of anilines is 1. The number of hydrogen-bond acceptors (Lipinski definition) is 4. The van der Waals surface area contributed by atoms with Gasteiger partial charge in [-0.25, -0.2) is 13.8 Å². The number of piperidine rings is 1. The summed E-state index contributed by atoms with van der Waals surface area (Å²) in [6.07, 6.45) is 2.04. The summed E-state index contributed by atoms with van der Waals surface area (Å²) in [7, 11) is 0. The van der Waals surface area contributed by atoms with Gasteiger partial charge in [-0.2, -0.15) is 0 Å². The molecule has 36 heavy (non-hydrogen) atoms. The third kappa shape index (κ3) is 6.24. The van der Waals surface area contributed by atoms with Crippen molar-refractivity contribution < 1.29 is 8.78 Å². The number of benzene rings is 3. The van der Waals surface area contributed by atoms with Gasteiger partial charge >= 0.3 is 0 Å². The lowest BCUT2D eigenvalue weighted by Gasteiger charge is -2.32. The predicted molar refractivity (Wildman–Crippen MR) is 146 cm³/mol. The maximum absolute atomic E-state index is 13.5. The Morgan fingerprint density at radius 3 is 2.06 bits per heavy atom. The van der Waals surface area contributed by atoms with E-state index in [1.54, 1.807) is 11.3 Å². The highest BCUT2D eigenvalue weighted by atomic mass is 35.5. The quantitative estimate of drug-likeness (QED) is 0.253. The average molecular weight is 544 g/mol. The average Bonchev–Trinajstić information content (AvgIpc) is 3.28. The van der Waals surface area contributed by atoms with Crippen molar-refractivity contribution in [1.29, 1.82) is 0 Å². The van der Waals surface area contributed by atoms with Crippen LogP contribution in [0.4, 0.5) is 13.9 Å². The molecule has 1 N–H and O–H groups in total. The van der Waals surface area contributed by atoms with Crippen LogP contribution in [-0.2, 0) is 6.54 Å². The van der Waals surface area contributed by atoms with Gasteiger partial charge in [-0.1, -0.05) is 58.8 Å². The van der Waals surface area contributed by atoms with Crippen molar-refractivity contribution in [3.8, 4) is 21.7 Å². The summed E-state index contributed by atoms with van der Waals surface area (Å²) < 4.78 is 27.0. The largest absolute Gasteiger partial charge is 0.361 e.